The van der Waals surface area contributed by atoms with Crippen LogP contribution < -0.4 is 15.1 Å². The summed E-state index contributed by atoms with van der Waals surface area (Å²) in [5, 5.41) is 2.17. The summed E-state index contributed by atoms with van der Waals surface area (Å²) in [6.07, 6.45) is -5.99. The second kappa shape index (κ2) is 12.1. The predicted molar refractivity (Wildman–Crippen MR) is 143 cm³/mol. The molecule has 1 N–H and O–H groups in total. The summed E-state index contributed by atoms with van der Waals surface area (Å²) < 4.78 is 59.8. The quantitative estimate of drug-likeness (QED) is 0.358. The molecule has 2 heterocycles. The van der Waals surface area contributed by atoms with E-state index in [1.54, 1.807) is 37.3 Å². The molecule has 1 aliphatic rings. The van der Waals surface area contributed by atoms with Gasteiger partial charge in [0.15, 0.2) is 0 Å². The molecule has 0 aliphatic carbocycles. The van der Waals surface area contributed by atoms with Crippen LogP contribution in [0.5, 0.6) is 0 Å². The molecular weight excluding hydrogens is 568 g/mol. The highest BCUT2D eigenvalue weighted by Crippen LogP contribution is 2.35. The molecule has 0 radical (unpaired) electrons. The maximum atomic E-state index is 13.8. The Balaban J connectivity index is 1.66. The van der Waals surface area contributed by atoms with Crippen molar-refractivity contribution < 1.29 is 36.7 Å². The number of carbonyl (C=O) groups is 3. The van der Waals surface area contributed by atoms with Crippen molar-refractivity contribution in [2.24, 2.45) is 0 Å². The number of aryl methyl sites for hydroxylation is 1. The molecule has 0 bridgehead atoms. The predicted octanol–water partition coefficient (Wildman–Crippen LogP) is 5.65. The number of aromatic nitrogens is 1. The fourth-order valence-corrected chi connectivity index (χ4v) is 4.67. The van der Waals surface area contributed by atoms with Crippen LogP contribution in [0.1, 0.15) is 30.2 Å². The Kier molecular flexibility index (Phi) is 8.81. The third-order valence-electron chi connectivity index (χ3n) is 6.41. The zero-order valence-electron chi connectivity index (χ0n) is 21.9. The number of hydrogen-bond acceptors (Lipinski definition) is 5. The van der Waals surface area contributed by atoms with Gasteiger partial charge in [-0.05, 0) is 49.7 Å². The van der Waals surface area contributed by atoms with E-state index in [4.69, 9.17) is 16.3 Å². The van der Waals surface area contributed by atoms with Gasteiger partial charge < -0.3 is 15.0 Å². The number of halogens is 5. The van der Waals surface area contributed by atoms with E-state index in [0.29, 0.717) is 11.6 Å². The number of pyridine rings is 1. The highest BCUT2D eigenvalue weighted by atomic mass is 35.5. The van der Waals surface area contributed by atoms with Gasteiger partial charge in [-0.1, -0.05) is 41.9 Å². The summed E-state index contributed by atoms with van der Waals surface area (Å²) >= 11 is 5.90. The molecule has 216 valence electrons. The van der Waals surface area contributed by atoms with Crippen LogP contribution in [0.4, 0.5) is 33.9 Å². The van der Waals surface area contributed by atoms with Gasteiger partial charge in [-0.3, -0.25) is 14.5 Å². The molecule has 1 aromatic heterocycles. The van der Waals surface area contributed by atoms with Crippen molar-refractivity contribution in [2.75, 3.05) is 16.3 Å². The molecule has 1 aliphatic heterocycles. The van der Waals surface area contributed by atoms with Crippen molar-refractivity contribution >= 4 is 41.0 Å². The van der Waals surface area contributed by atoms with Gasteiger partial charge in [-0.2, -0.15) is 13.2 Å². The van der Waals surface area contributed by atoms with Crippen molar-refractivity contribution in [1.82, 2.24) is 10.3 Å². The zero-order valence-corrected chi connectivity index (χ0v) is 22.7. The SMILES string of the molecule is CCN(C(=O)[C@@H]1C[C@H](NC(=O)OCc2ccccc2)C(=O)N1c1cc(C(F)(F)F)cc(C)n1)c1ccc(F)c(Cl)c1. The Hall–Kier alpha value is -4.19. The minimum atomic E-state index is -4.75. The van der Waals surface area contributed by atoms with Crippen LogP contribution in [-0.4, -0.2) is 41.5 Å². The van der Waals surface area contributed by atoms with Gasteiger partial charge in [-0.25, -0.2) is 14.2 Å². The van der Waals surface area contributed by atoms with Crippen molar-refractivity contribution in [3.8, 4) is 0 Å². The summed E-state index contributed by atoms with van der Waals surface area (Å²) in [5.41, 5.74) is -0.195. The smallest absolute Gasteiger partial charge is 0.416 e. The highest BCUT2D eigenvalue weighted by Gasteiger charge is 2.47. The van der Waals surface area contributed by atoms with Crippen LogP contribution in [0.15, 0.2) is 60.7 Å². The van der Waals surface area contributed by atoms with Gasteiger partial charge in [0.25, 0.3) is 5.91 Å². The topological polar surface area (TPSA) is 91.8 Å². The van der Waals surface area contributed by atoms with Gasteiger partial charge in [0.1, 0.15) is 30.3 Å². The molecule has 13 heteroatoms. The Bertz CT molecular complexity index is 1450. The summed E-state index contributed by atoms with van der Waals surface area (Å²) in [4.78, 5) is 46.1. The van der Waals surface area contributed by atoms with E-state index >= 15 is 0 Å². The lowest BCUT2D eigenvalue weighted by Gasteiger charge is -2.29. The molecule has 0 saturated carbocycles. The highest BCUT2D eigenvalue weighted by molar-refractivity contribution is 6.31. The van der Waals surface area contributed by atoms with Crippen LogP contribution in [-0.2, 0) is 27.1 Å². The Morgan fingerprint density at radius 3 is 2.49 bits per heavy atom. The van der Waals surface area contributed by atoms with E-state index in [2.05, 4.69) is 10.3 Å². The number of alkyl carbamates (subject to hydrolysis) is 1. The Labute approximate surface area is 237 Å². The van der Waals surface area contributed by atoms with Crippen LogP contribution >= 0.6 is 11.6 Å². The average Bonchev–Trinajstić information content (AvgIpc) is 3.25. The average molecular weight is 593 g/mol. The molecule has 0 spiro atoms. The van der Waals surface area contributed by atoms with E-state index < -0.39 is 53.4 Å². The normalized spacial score (nSPS) is 17.0. The van der Waals surface area contributed by atoms with E-state index in [9.17, 15) is 31.9 Å². The number of anilines is 2. The monoisotopic (exact) mass is 592 g/mol. The number of ether oxygens (including phenoxy) is 1. The molecule has 1 fully saturated rings. The molecule has 3 amide bonds. The summed E-state index contributed by atoms with van der Waals surface area (Å²) in [6.45, 7) is 2.92. The lowest BCUT2D eigenvalue weighted by Crippen LogP contribution is -2.48. The lowest BCUT2D eigenvalue weighted by atomic mass is 10.1. The first-order chi connectivity index (χ1) is 19.4. The van der Waals surface area contributed by atoms with Crippen LogP contribution in [0.2, 0.25) is 5.02 Å². The van der Waals surface area contributed by atoms with Gasteiger partial charge in [0.05, 0.1) is 10.6 Å². The standard InChI is InChI=1S/C28H25ClF4N4O4/c1-3-36(19-9-10-21(30)20(29)13-19)26(39)23-14-22(35-27(40)41-15-17-7-5-4-6-8-17)25(38)37(23)24-12-18(28(31,32)33)11-16(2)34-24/h4-13,22-23H,3,14-15H2,1-2H3,(H,35,40)/t22-,23-/m0/s1. The summed E-state index contributed by atoms with van der Waals surface area (Å²) in [5.74, 6) is -2.66. The number of likely N-dealkylation sites (N-methyl/N-ethyl adjacent to an activating group) is 1. The minimum Gasteiger partial charge on any atom is -0.445 e. The van der Waals surface area contributed by atoms with Gasteiger partial charge in [0.2, 0.25) is 5.91 Å². The third kappa shape index (κ3) is 6.76. The summed E-state index contributed by atoms with van der Waals surface area (Å²) in [7, 11) is 0. The first kappa shape index (κ1) is 29.8. The fraction of sp³-hybridized carbons (Fsp3) is 0.286. The Morgan fingerprint density at radius 2 is 1.85 bits per heavy atom. The molecule has 0 unspecified atom stereocenters. The number of benzene rings is 2. The molecule has 2 atom stereocenters. The molecule has 4 rings (SSSR count). The van der Waals surface area contributed by atoms with Crippen LogP contribution in [0.25, 0.3) is 0 Å². The van der Waals surface area contributed by atoms with Crippen molar-refractivity contribution in [1.29, 1.82) is 0 Å². The number of rotatable bonds is 7. The van der Waals surface area contributed by atoms with E-state index in [1.165, 1.54) is 24.0 Å². The van der Waals surface area contributed by atoms with Gasteiger partial charge in [0, 0.05) is 24.3 Å². The van der Waals surface area contributed by atoms with Crippen molar-refractivity contribution in [3.05, 3.63) is 88.3 Å². The zero-order chi connectivity index (χ0) is 29.9. The van der Waals surface area contributed by atoms with Crippen LogP contribution in [0, 0.1) is 12.7 Å². The molecule has 3 aromatic rings. The van der Waals surface area contributed by atoms with Gasteiger partial charge >= 0.3 is 12.3 Å². The lowest BCUT2D eigenvalue weighted by molar-refractivity contribution is -0.137. The fourth-order valence-electron chi connectivity index (χ4n) is 4.50. The number of nitrogens with one attached hydrogen (secondary N) is 1. The van der Waals surface area contributed by atoms with Crippen molar-refractivity contribution in [3.63, 3.8) is 0 Å². The minimum absolute atomic E-state index is 0.0369. The molecular formula is C28H25ClF4N4O4. The maximum Gasteiger partial charge on any atom is 0.416 e. The van der Waals surface area contributed by atoms with Crippen LogP contribution in [0.3, 0.4) is 0 Å². The first-order valence-corrected chi connectivity index (χ1v) is 12.9. The summed E-state index contributed by atoms with van der Waals surface area (Å²) in [6, 6.07) is 11.2. The molecule has 41 heavy (non-hydrogen) atoms. The second-order valence-corrected chi connectivity index (χ2v) is 9.66. The van der Waals surface area contributed by atoms with Gasteiger partial charge in [-0.15, -0.1) is 0 Å². The number of nitrogens with zero attached hydrogens (tertiary/aromatic N) is 3. The number of carbonyl (C=O) groups excluding carboxylic acids is 3. The number of hydrogen-bond donors (Lipinski definition) is 1. The third-order valence-corrected chi connectivity index (χ3v) is 6.70. The molecule has 1 saturated heterocycles. The van der Waals surface area contributed by atoms with E-state index in [0.717, 1.165) is 17.0 Å². The number of alkyl halides is 3. The van der Waals surface area contributed by atoms with E-state index in [1.807, 2.05) is 0 Å². The Morgan fingerprint density at radius 1 is 1.15 bits per heavy atom. The number of amides is 3. The second-order valence-electron chi connectivity index (χ2n) is 9.25. The molecule has 8 nitrogen and oxygen atoms in total. The largest absolute Gasteiger partial charge is 0.445 e. The first-order valence-electron chi connectivity index (χ1n) is 12.5. The maximum absolute atomic E-state index is 13.8. The van der Waals surface area contributed by atoms with E-state index in [-0.39, 0.29) is 36.0 Å². The van der Waals surface area contributed by atoms with Crippen molar-refractivity contribution in [2.45, 2.75) is 45.1 Å². The molecule has 2 aromatic carbocycles.